The summed E-state index contributed by atoms with van der Waals surface area (Å²) in [5.74, 6) is 0. The third-order valence-corrected chi connectivity index (χ3v) is 11.1. The van der Waals surface area contributed by atoms with Gasteiger partial charge in [-0.15, -0.1) is 0 Å². The highest BCUT2D eigenvalue weighted by atomic mass is 19.4. The van der Waals surface area contributed by atoms with E-state index in [0.29, 0.717) is 24.0 Å². The zero-order valence-electron chi connectivity index (χ0n) is 31.1. The summed E-state index contributed by atoms with van der Waals surface area (Å²) in [6.07, 6.45) is 0.752. The maximum absolute atomic E-state index is 13.7. The van der Waals surface area contributed by atoms with Gasteiger partial charge in [-0.1, -0.05) is 62.4 Å². The fraction of sp³-hybridized carbons (Fsp3) is 0.267. The van der Waals surface area contributed by atoms with Crippen LogP contribution in [0.3, 0.4) is 0 Å². The van der Waals surface area contributed by atoms with Crippen LogP contribution in [0.2, 0.25) is 0 Å². The van der Waals surface area contributed by atoms with Gasteiger partial charge in [0.2, 0.25) is 5.69 Å². The number of benzene rings is 4. The van der Waals surface area contributed by atoms with Crippen LogP contribution in [-0.4, -0.2) is 24.4 Å². The second-order valence-electron chi connectivity index (χ2n) is 15.2. The Bertz CT molecular complexity index is 2230. The van der Waals surface area contributed by atoms with E-state index in [-0.39, 0.29) is 0 Å². The number of para-hydroxylation sites is 2. The van der Waals surface area contributed by atoms with E-state index in [1.165, 1.54) is 12.1 Å². The first-order chi connectivity index (χ1) is 25.4. The van der Waals surface area contributed by atoms with Crippen molar-refractivity contribution in [3.8, 4) is 0 Å². The van der Waals surface area contributed by atoms with Crippen LogP contribution < -0.4 is 9.80 Å². The average Bonchev–Trinajstić information content (AvgIpc) is 3.67. The molecule has 3 aliphatic rings. The number of likely N-dealkylation sites (N-methyl/N-ethyl adjacent to an activating group) is 1. The maximum Gasteiger partial charge on any atom is 0.416 e. The lowest BCUT2D eigenvalue weighted by Gasteiger charge is -2.29. The zero-order chi connectivity index (χ0) is 38.8. The molecular weight excluding hydrogens is 697 g/mol. The topological polar surface area (TPSA) is 9.49 Å². The summed E-state index contributed by atoms with van der Waals surface area (Å²) in [7, 11) is 3.77. The van der Waals surface area contributed by atoms with Gasteiger partial charge >= 0.3 is 12.4 Å². The molecule has 0 saturated heterocycles. The Morgan fingerprint density at radius 2 is 1.22 bits per heavy atom. The molecule has 54 heavy (non-hydrogen) atoms. The molecule has 1 aliphatic carbocycles. The molecule has 0 aromatic heterocycles. The Morgan fingerprint density at radius 3 is 1.80 bits per heavy atom. The lowest BCUT2D eigenvalue weighted by molar-refractivity contribution is -0.401. The average molecular weight is 739 g/mol. The second kappa shape index (κ2) is 13.2. The molecule has 2 aliphatic heterocycles. The van der Waals surface area contributed by atoms with Gasteiger partial charge in [-0.2, -0.15) is 30.9 Å². The van der Waals surface area contributed by atoms with Crippen molar-refractivity contribution in [2.45, 2.75) is 63.7 Å². The summed E-state index contributed by atoms with van der Waals surface area (Å²) in [5.41, 5.74) is 6.73. The number of fused-ring (bicyclic) bond motifs is 2. The van der Waals surface area contributed by atoms with Crippen molar-refractivity contribution in [3.63, 3.8) is 0 Å². The van der Waals surface area contributed by atoms with Gasteiger partial charge in [-0.05, 0) is 104 Å². The minimum absolute atomic E-state index is 0.620. The second-order valence-corrected chi connectivity index (χ2v) is 15.2. The first-order valence-electron chi connectivity index (χ1n) is 17.9. The van der Waals surface area contributed by atoms with Crippen LogP contribution in [0.5, 0.6) is 0 Å². The molecule has 0 atom stereocenters. The predicted molar refractivity (Wildman–Crippen MR) is 205 cm³/mol. The minimum Gasteiger partial charge on any atom is -0.347 e. The lowest BCUT2D eigenvalue weighted by atomic mass is 9.80. The van der Waals surface area contributed by atoms with Crippen LogP contribution in [0.4, 0.5) is 49.1 Å². The summed E-state index contributed by atoms with van der Waals surface area (Å²) in [5, 5.41) is 0. The molecule has 0 amide bonds. The van der Waals surface area contributed by atoms with E-state index in [0.717, 1.165) is 63.1 Å². The van der Waals surface area contributed by atoms with Crippen LogP contribution in [0.25, 0.3) is 0 Å². The molecule has 0 N–H and O–H groups in total. The molecule has 4 aromatic rings. The number of rotatable bonds is 6. The van der Waals surface area contributed by atoms with E-state index in [1.54, 1.807) is 12.1 Å². The molecule has 9 heteroatoms. The third-order valence-electron chi connectivity index (χ3n) is 11.1. The molecule has 0 radical (unpaired) electrons. The molecule has 0 bridgehead atoms. The normalized spacial score (nSPS) is 19.4. The third kappa shape index (κ3) is 6.37. The zero-order valence-corrected chi connectivity index (χ0v) is 31.1. The van der Waals surface area contributed by atoms with Gasteiger partial charge in [0.25, 0.3) is 0 Å². The number of halogens is 6. The number of alkyl halides is 6. The summed E-state index contributed by atoms with van der Waals surface area (Å²) in [6, 6.07) is 28.0. The monoisotopic (exact) mass is 738 g/mol. The van der Waals surface area contributed by atoms with Crippen molar-refractivity contribution in [3.05, 3.63) is 166 Å². The molecule has 278 valence electrons. The van der Waals surface area contributed by atoms with Gasteiger partial charge in [0.15, 0.2) is 5.71 Å². The molecule has 0 unspecified atom stereocenters. The van der Waals surface area contributed by atoms with Crippen LogP contribution in [-0.2, 0) is 23.2 Å². The Hall–Kier alpha value is -5.31. The SMILES string of the molecule is CN1/C(=C/C=C2\CCC(/C=C/C3=[N+](C)c4ccc(C(F)(F)F)cc4C3(C)C)=C2N(c2ccccc2)c2ccccc2)C(C)(C)c2cc(C(F)(F)F)ccc21. The molecule has 7 rings (SSSR count). The summed E-state index contributed by atoms with van der Waals surface area (Å²) >= 11 is 0. The highest BCUT2D eigenvalue weighted by Crippen LogP contribution is 2.50. The van der Waals surface area contributed by atoms with E-state index in [2.05, 4.69) is 41.3 Å². The van der Waals surface area contributed by atoms with E-state index in [9.17, 15) is 26.3 Å². The van der Waals surface area contributed by atoms with Gasteiger partial charge < -0.3 is 9.80 Å². The predicted octanol–water partition coefficient (Wildman–Crippen LogP) is 12.4. The van der Waals surface area contributed by atoms with Gasteiger partial charge in [-0.3, -0.25) is 0 Å². The lowest BCUT2D eigenvalue weighted by Crippen LogP contribution is -2.27. The first-order valence-corrected chi connectivity index (χ1v) is 17.9. The Balaban J connectivity index is 1.36. The van der Waals surface area contributed by atoms with Crippen molar-refractivity contribution >= 4 is 28.5 Å². The van der Waals surface area contributed by atoms with Gasteiger partial charge in [0.05, 0.1) is 22.2 Å². The van der Waals surface area contributed by atoms with E-state index in [4.69, 9.17) is 0 Å². The number of nitrogens with zero attached hydrogens (tertiary/aromatic N) is 3. The largest absolute Gasteiger partial charge is 0.416 e. The van der Waals surface area contributed by atoms with Gasteiger partial charge in [-0.25, -0.2) is 0 Å². The number of allylic oxidation sites excluding steroid dienone is 7. The van der Waals surface area contributed by atoms with Crippen molar-refractivity contribution in [1.29, 1.82) is 0 Å². The van der Waals surface area contributed by atoms with Crippen LogP contribution in [0.1, 0.15) is 62.8 Å². The molecule has 2 heterocycles. The summed E-state index contributed by atoms with van der Waals surface area (Å²) in [4.78, 5) is 4.19. The Labute approximate surface area is 312 Å². The number of hydrogen-bond acceptors (Lipinski definition) is 2. The molecular formula is C45H42F6N3+. The number of hydrogen-bond donors (Lipinski definition) is 0. The fourth-order valence-electron chi connectivity index (χ4n) is 8.27. The Morgan fingerprint density at radius 1 is 0.667 bits per heavy atom. The van der Waals surface area contributed by atoms with Crippen molar-refractivity contribution in [1.82, 2.24) is 0 Å². The van der Waals surface area contributed by atoms with Crippen molar-refractivity contribution in [2.75, 3.05) is 23.9 Å². The molecule has 3 nitrogen and oxygen atoms in total. The summed E-state index contributed by atoms with van der Waals surface area (Å²) in [6.45, 7) is 7.80. The van der Waals surface area contributed by atoms with Gasteiger partial charge in [0, 0.05) is 52.9 Å². The molecule has 0 spiro atoms. The first kappa shape index (κ1) is 37.0. The minimum atomic E-state index is -4.44. The molecule has 0 fully saturated rings. The van der Waals surface area contributed by atoms with Crippen LogP contribution >= 0.6 is 0 Å². The Kier molecular flexibility index (Phi) is 9.06. The van der Waals surface area contributed by atoms with E-state index < -0.39 is 34.3 Å². The fourth-order valence-corrected chi connectivity index (χ4v) is 8.27. The van der Waals surface area contributed by atoms with Gasteiger partial charge in [0.1, 0.15) is 7.05 Å². The smallest absolute Gasteiger partial charge is 0.347 e. The standard InChI is InChI=1S/C45H42F6N3/c1-42(2)35-27-31(44(46,47)48)21-23-37(35)52(5)39(42)25-19-29-17-18-30(41(29)54(33-13-9-7-10-14-33)34-15-11-8-12-16-34)20-26-40-43(3,4)36-28-32(45(49,50)51)22-24-38(36)53(40)6/h7-16,19-28H,17-18H2,1-6H3/q+1. The summed E-state index contributed by atoms with van der Waals surface area (Å²) < 4.78 is 84.4. The van der Waals surface area contributed by atoms with E-state index >= 15 is 0 Å². The molecule has 4 aromatic carbocycles. The maximum atomic E-state index is 13.7. The van der Waals surface area contributed by atoms with Crippen molar-refractivity contribution < 1.29 is 30.9 Å². The van der Waals surface area contributed by atoms with Crippen LogP contribution in [0.15, 0.2) is 144 Å². The highest BCUT2D eigenvalue weighted by molar-refractivity contribution is 6.03. The van der Waals surface area contributed by atoms with Crippen LogP contribution in [0, 0.1) is 0 Å². The van der Waals surface area contributed by atoms with E-state index in [1.807, 2.05) is 99.8 Å². The molecule has 0 saturated carbocycles. The quantitative estimate of drug-likeness (QED) is 0.144. The van der Waals surface area contributed by atoms with Crippen molar-refractivity contribution in [2.24, 2.45) is 0 Å². The number of anilines is 3. The highest BCUT2D eigenvalue weighted by Gasteiger charge is 2.45.